The Morgan fingerprint density at radius 2 is 2.09 bits per heavy atom. The lowest BCUT2D eigenvalue weighted by atomic mass is 10.3. The predicted molar refractivity (Wildman–Crippen MR) is 86.8 cm³/mol. The molecule has 0 unspecified atom stereocenters. The lowest BCUT2D eigenvalue weighted by molar-refractivity contribution is -0.116. The Balaban J connectivity index is 1.49. The van der Waals surface area contributed by atoms with E-state index >= 15 is 0 Å². The molecule has 1 aromatic carbocycles. The van der Waals surface area contributed by atoms with E-state index in [2.05, 4.69) is 25.6 Å². The van der Waals surface area contributed by atoms with Gasteiger partial charge in [0.25, 0.3) is 0 Å². The van der Waals surface area contributed by atoms with Crippen molar-refractivity contribution in [3.05, 3.63) is 48.2 Å². The van der Waals surface area contributed by atoms with Crippen molar-refractivity contribution in [3.8, 4) is 0 Å². The van der Waals surface area contributed by atoms with E-state index in [4.69, 9.17) is 0 Å². The molecule has 0 aliphatic carbocycles. The highest BCUT2D eigenvalue weighted by atomic mass is 16.1. The number of imidazole rings is 1. The molecule has 3 N–H and O–H groups in total. The Kier molecular flexibility index (Phi) is 4.00. The molecule has 0 fully saturated rings. The zero-order valence-corrected chi connectivity index (χ0v) is 12.3. The van der Waals surface area contributed by atoms with Gasteiger partial charge in [0.15, 0.2) is 0 Å². The molecule has 2 heterocycles. The van der Waals surface area contributed by atoms with Crippen molar-refractivity contribution in [2.75, 3.05) is 17.2 Å². The number of aryl methyl sites for hydroxylation is 1. The maximum absolute atomic E-state index is 11.8. The SMILES string of the molecule is Cc1ccc(NC(=O)CCNc2nc3ccccc3[nH]2)nc1. The third-order valence-corrected chi connectivity index (χ3v) is 3.21. The number of hydrogen-bond acceptors (Lipinski definition) is 4. The summed E-state index contributed by atoms with van der Waals surface area (Å²) >= 11 is 0. The number of anilines is 2. The molecule has 2 aromatic heterocycles. The molecular weight excluding hydrogens is 278 g/mol. The van der Waals surface area contributed by atoms with Gasteiger partial charge >= 0.3 is 0 Å². The van der Waals surface area contributed by atoms with Crippen LogP contribution in [0, 0.1) is 6.92 Å². The largest absolute Gasteiger partial charge is 0.355 e. The van der Waals surface area contributed by atoms with E-state index in [9.17, 15) is 4.79 Å². The number of H-pyrrole nitrogens is 1. The van der Waals surface area contributed by atoms with Gasteiger partial charge in [-0.3, -0.25) is 4.79 Å². The van der Waals surface area contributed by atoms with Crippen molar-refractivity contribution in [2.24, 2.45) is 0 Å². The van der Waals surface area contributed by atoms with Crippen LogP contribution in [0.1, 0.15) is 12.0 Å². The van der Waals surface area contributed by atoms with E-state index in [1.54, 1.807) is 12.3 Å². The summed E-state index contributed by atoms with van der Waals surface area (Å²) in [6.07, 6.45) is 2.06. The fraction of sp³-hybridized carbons (Fsp3) is 0.188. The van der Waals surface area contributed by atoms with Gasteiger partial charge in [-0.2, -0.15) is 0 Å². The topological polar surface area (TPSA) is 82.7 Å². The number of nitrogens with one attached hydrogen (secondary N) is 3. The molecule has 3 rings (SSSR count). The van der Waals surface area contributed by atoms with E-state index in [1.807, 2.05) is 37.3 Å². The Morgan fingerprint density at radius 1 is 1.23 bits per heavy atom. The summed E-state index contributed by atoms with van der Waals surface area (Å²) in [7, 11) is 0. The van der Waals surface area contributed by atoms with Crippen molar-refractivity contribution in [3.63, 3.8) is 0 Å². The monoisotopic (exact) mass is 295 g/mol. The first-order valence-electron chi connectivity index (χ1n) is 7.12. The Bertz CT molecular complexity index is 746. The number of pyridine rings is 1. The lowest BCUT2D eigenvalue weighted by Crippen LogP contribution is -2.17. The van der Waals surface area contributed by atoms with E-state index in [0.29, 0.717) is 24.7 Å². The second-order valence-electron chi connectivity index (χ2n) is 5.05. The average Bonchev–Trinajstić information content (AvgIpc) is 2.92. The van der Waals surface area contributed by atoms with Crippen LogP contribution >= 0.6 is 0 Å². The molecule has 0 spiro atoms. The van der Waals surface area contributed by atoms with Crippen molar-refractivity contribution in [1.29, 1.82) is 0 Å². The molecule has 6 nitrogen and oxygen atoms in total. The van der Waals surface area contributed by atoms with Crippen LogP contribution in [0.25, 0.3) is 11.0 Å². The van der Waals surface area contributed by atoms with Gasteiger partial charge in [0.1, 0.15) is 5.82 Å². The molecule has 0 radical (unpaired) electrons. The van der Waals surface area contributed by atoms with Gasteiger partial charge < -0.3 is 15.6 Å². The van der Waals surface area contributed by atoms with Gasteiger partial charge in [0, 0.05) is 19.2 Å². The van der Waals surface area contributed by atoms with Gasteiger partial charge in [-0.1, -0.05) is 18.2 Å². The molecule has 3 aromatic rings. The number of carbonyl (C=O) groups is 1. The van der Waals surface area contributed by atoms with Crippen LogP contribution in [0.4, 0.5) is 11.8 Å². The van der Waals surface area contributed by atoms with Crippen molar-refractivity contribution < 1.29 is 4.79 Å². The number of amides is 1. The quantitative estimate of drug-likeness (QED) is 0.676. The van der Waals surface area contributed by atoms with Crippen molar-refractivity contribution >= 4 is 28.7 Å². The molecule has 0 bridgehead atoms. The summed E-state index contributed by atoms with van der Waals surface area (Å²) in [6, 6.07) is 11.5. The molecular formula is C16H17N5O. The molecule has 0 saturated carbocycles. The number of benzene rings is 1. The highest BCUT2D eigenvalue weighted by molar-refractivity contribution is 5.90. The molecule has 0 aliphatic heterocycles. The molecule has 0 saturated heterocycles. The number of carbonyl (C=O) groups excluding carboxylic acids is 1. The standard InChI is InChI=1S/C16H17N5O/c1-11-6-7-14(18-10-11)21-15(22)8-9-17-16-19-12-4-2-3-5-13(12)20-16/h2-7,10H,8-9H2,1H3,(H2,17,19,20)(H,18,21,22). The number of hydrogen-bond donors (Lipinski definition) is 3. The smallest absolute Gasteiger partial charge is 0.227 e. The van der Waals surface area contributed by atoms with Crippen LogP contribution in [0.3, 0.4) is 0 Å². The Hall–Kier alpha value is -2.89. The summed E-state index contributed by atoms with van der Waals surface area (Å²) < 4.78 is 0. The first-order chi connectivity index (χ1) is 10.7. The van der Waals surface area contributed by atoms with Crippen molar-refractivity contribution in [2.45, 2.75) is 13.3 Å². The van der Waals surface area contributed by atoms with Crippen LogP contribution in [0.2, 0.25) is 0 Å². The molecule has 0 atom stereocenters. The molecule has 6 heteroatoms. The first-order valence-corrected chi connectivity index (χ1v) is 7.12. The number of para-hydroxylation sites is 2. The minimum Gasteiger partial charge on any atom is -0.355 e. The minimum absolute atomic E-state index is 0.0834. The summed E-state index contributed by atoms with van der Waals surface area (Å²) in [6.45, 7) is 2.45. The first kappa shape index (κ1) is 14.1. The normalized spacial score (nSPS) is 10.6. The predicted octanol–water partition coefficient (Wildman–Crippen LogP) is 2.71. The van der Waals surface area contributed by atoms with Gasteiger partial charge in [0.2, 0.25) is 11.9 Å². The second-order valence-corrected chi connectivity index (χ2v) is 5.05. The summed E-state index contributed by atoms with van der Waals surface area (Å²) in [4.78, 5) is 23.5. The fourth-order valence-corrected chi connectivity index (χ4v) is 2.08. The number of aromatic nitrogens is 3. The zero-order chi connectivity index (χ0) is 15.4. The van der Waals surface area contributed by atoms with Crippen LogP contribution < -0.4 is 10.6 Å². The highest BCUT2D eigenvalue weighted by Crippen LogP contribution is 2.13. The molecule has 22 heavy (non-hydrogen) atoms. The number of nitrogens with zero attached hydrogens (tertiary/aromatic N) is 2. The van der Waals surface area contributed by atoms with Gasteiger partial charge in [0.05, 0.1) is 11.0 Å². The van der Waals surface area contributed by atoms with Gasteiger partial charge in [-0.25, -0.2) is 9.97 Å². The zero-order valence-electron chi connectivity index (χ0n) is 12.3. The average molecular weight is 295 g/mol. The summed E-state index contributed by atoms with van der Waals surface area (Å²) in [5.41, 5.74) is 2.93. The van der Waals surface area contributed by atoms with E-state index in [-0.39, 0.29) is 5.91 Å². The number of rotatable bonds is 5. The van der Waals surface area contributed by atoms with E-state index in [1.165, 1.54) is 0 Å². The van der Waals surface area contributed by atoms with E-state index < -0.39 is 0 Å². The Morgan fingerprint density at radius 3 is 2.86 bits per heavy atom. The van der Waals surface area contributed by atoms with Gasteiger partial charge in [-0.15, -0.1) is 0 Å². The molecule has 112 valence electrons. The number of fused-ring (bicyclic) bond motifs is 1. The lowest BCUT2D eigenvalue weighted by Gasteiger charge is -2.05. The third-order valence-electron chi connectivity index (χ3n) is 3.21. The van der Waals surface area contributed by atoms with Crippen molar-refractivity contribution in [1.82, 2.24) is 15.0 Å². The van der Waals surface area contributed by atoms with Crippen LogP contribution in [-0.2, 0) is 4.79 Å². The minimum atomic E-state index is -0.0834. The summed E-state index contributed by atoms with van der Waals surface area (Å²) in [5.74, 6) is 1.15. The van der Waals surface area contributed by atoms with Gasteiger partial charge in [-0.05, 0) is 30.7 Å². The number of aromatic amines is 1. The van der Waals surface area contributed by atoms with Crippen LogP contribution in [0.15, 0.2) is 42.6 Å². The Labute approximate surface area is 128 Å². The third kappa shape index (κ3) is 3.41. The summed E-state index contributed by atoms with van der Waals surface area (Å²) in [5, 5.41) is 5.87. The highest BCUT2D eigenvalue weighted by Gasteiger charge is 2.05. The maximum Gasteiger partial charge on any atom is 0.227 e. The fourth-order valence-electron chi connectivity index (χ4n) is 2.08. The van der Waals surface area contributed by atoms with E-state index in [0.717, 1.165) is 16.6 Å². The second kappa shape index (κ2) is 6.26. The van der Waals surface area contributed by atoms with Crippen LogP contribution in [0.5, 0.6) is 0 Å². The molecule has 1 amide bonds. The van der Waals surface area contributed by atoms with Crippen LogP contribution in [-0.4, -0.2) is 27.4 Å². The molecule has 0 aliphatic rings. The maximum atomic E-state index is 11.8.